The number of aromatic nitrogens is 6. The van der Waals surface area contributed by atoms with Crippen molar-refractivity contribution in [2.75, 3.05) is 5.32 Å². The van der Waals surface area contributed by atoms with Gasteiger partial charge in [0.05, 0.1) is 18.2 Å². The Balaban J connectivity index is 1.50. The van der Waals surface area contributed by atoms with Crippen LogP contribution in [0.3, 0.4) is 0 Å². The van der Waals surface area contributed by atoms with Crippen LogP contribution in [0.4, 0.5) is 17.3 Å². The number of aryl methyl sites for hydroxylation is 1. The van der Waals surface area contributed by atoms with Crippen molar-refractivity contribution in [3.63, 3.8) is 0 Å². The van der Waals surface area contributed by atoms with Gasteiger partial charge in [0.25, 0.3) is 0 Å². The molecular weight excluding hydrogens is 380 g/mol. The van der Waals surface area contributed by atoms with Gasteiger partial charge in [-0.15, -0.1) is 5.10 Å². The van der Waals surface area contributed by atoms with E-state index < -0.39 is 0 Å². The highest BCUT2D eigenvalue weighted by Crippen LogP contribution is 2.35. The molecule has 0 saturated heterocycles. The molecule has 152 valence electrons. The number of nitrogens with two attached hydrogens (primary N) is 1. The lowest BCUT2D eigenvalue weighted by Gasteiger charge is -2.23. The third kappa shape index (κ3) is 3.22. The topological polar surface area (TPSA) is 107 Å². The van der Waals surface area contributed by atoms with E-state index in [1.165, 1.54) is 5.56 Å². The molecule has 4 heterocycles. The number of carbonyl (C=O) groups excluding carboxylic acids is 1. The van der Waals surface area contributed by atoms with Crippen molar-refractivity contribution in [2.45, 2.75) is 32.1 Å². The summed E-state index contributed by atoms with van der Waals surface area (Å²) in [5.41, 5.74) is 4.48. The minimum Gasteiger partial charge on any atom is -0.323 e. The van der Waals surface area contributed by atoms with Crippen LogP contribution in [0, 0.1) is 0 Å². The van der Waals surface area contributed by atoms with Crippen LogP contribution in [0.15, 0.2) is 42.9 Å². The Labute approximate surface area is 173 Å². The summed E-state index contributed by atoms with van der Waals surface area (Å²) in [6, 6.07) is 7.90. The first-order valence-corrected chi connectivity index (χ1v) is 9.89. The van der Waals surface area contributed by atoms with Crippen molar-refractivity contribution in [1.82, 2.24) is 29.4 Å². The maximum absolute atomic E-state index is 12.2. The quantitative estimate of drug-likeness (QED) is 0.507. The van der Waals surface area contributed by atoms with Crippen LogP contribution in [-0.4, -0.2) is 35.3 Å². The zero-order chi connectivity index (χ0) is 20.9. The van der Waals surface area contributed by atoms with E-state index in [0.717, 1.165) is 23.4 Å². The lowest BCUT2D eigenvalue weighted by atomic mass is 9.80. The van der Waals surface area contributed by atoms with Gasteiger partial charge < -0.3 is 5.32 Å². The zero-order valence-corrected chi connectivity index (χ0v) is 17.1. The van der Waals surface area contributed by atoms with Crippen LogP contribution in [0.1, 0.15) is 32.3 Å². The number of hydrogen-bond acceptors (Lipinski definition) is 6. The lowest BCUT2D eigenvalue weighted by molar-refractivity contribution is -0.483. The fourth-order valence-electron chi connectivity index (χ4n) is 3.92. The summed E-state index contributed by atoms with van der Waals surface area (Å²) in [5, 5.41) is 13.8. The van der Waals surface area contributed by atoms with Gasteiger partial charge in [0.15, 0.2) is 11.5 Å². The second-order valence-electron chi connectivity index (χ2n) is 8.30. The molecular formula is C21H23N8O+. The number of fused-ring (bicyclic) bond motifs is 2. The Morgan fingerprint density at radius 2 is 2.10 bits per heavy atom. The molecule has 1 aliphatic heterocycles. The highest BCUT2D eigenvalue weighted by molar-refractivity contribution is 5.72. The second kappa shape index (κ2) is 6.74. The predicted octanol–water partition coefficient (Wildman–Crippen LogP) is 2.06. The Hall–Kier alpha value is -3.59. The van der Waals surface area contributed by atoms with E-state index >= 15 is 0 Å². The molecule has 5 rings (SSSR count). The van der Waals surface area contributed by atoms with Gasteiger partial charge in [0.2, 0.25) is 5.95 Å². The molecule has 30 heavy (non-hydrogen) atoms. The van der Waals surface area contributed by atoms with Gasteiger partial charge in [-0.2, -0.15) is 14.6 Å². The Bertz CT molecular complexity index is 1270. The monoisotopic (exact) mass is 403 g/mol. The molecule has 0 radical (unpaired) electrons. The summed E-state index contributed by atoms with van der Waals surface area (Å²) < 4.78 is 3.42. The highest BCUT2D eigenvalue weighted by Gasteiger charge is 2.31. The first kappa shape index (κ1) is 18.4. The van der Waals surface area contributed by atoms with E-state index in [9.17, 15) is 4.79 Å². The van der Waals surface area contributed by atoms with E-state index in [1.54, 1.807) is 26.9 Å². The number of anilines is 2. The van der Waals surface area contributed by atoms with Crippen LogP contribution in [0.5, 0.6) is 0 Å². The zero-order valence-electron chi connectivity index (χ0n) is 17.1. The molecule has 0 unspecified atom stereocenters. The standard InChI is InChI=1S/C21H22N8O/c1-21(2)8-6-18(30)25-16-10-14(4-5-15(16)21)24-20-26-17-7-9-22-19(29(17)27-20)13-11-23-28(3)12-13/h4-5,7,9-12H,6,8H2,1-3H3,(H,24,27)(H,25,30)/p+1. The molecule has 0 aliphatic carbocycles. The van der Waals surface area contributed by atoms with Crippen LogP contribution in [0.25, 0.3) is 17.0 Å². The maximum atomic E-state index is 12.2. The number of hydrogen-bond donors (Lipinski definition) is 2. The summed E-state index contributed by atoms with van der Waals surface area (Å²) in [6.45, 7) is 4.37. The summed E-state index contributed by atoms with van der Waals surface area (Å²) >= 11 is 0. The Morgan fingerprint density at radius 3 is 2.90 bits per heavy atom. The van der Waals surface area contributed by atoms with Gasteiger partial charge in [-0.1, -0.05) is 19.9 Å². The van der Waals surface area contributed by atoms with Gasteiger partial charge in [0, 0.05) is 42.8 Å². The molecule has 0 bridgehead atoms. The fraction of sp³-hybridized carbons (Fsp3) is 0.286. The molecule has 1 amide bonds. The van der Waals surface area contributed by atoms with Crippen molar-refractivity contribution in [2.24, 2.45) is 7.05 Å². The fourth-order valence-corrected chi connectivity index (χ4v) is 3.92. The second-order valence-corrected chi connectivity index (χ2v) is 8.30. The van der Waals surface area contributed by atoms with Crippen LogP contribution < -0.4 is 10.6 Å². The molecule has 0 fully saturated rings. The normalized spacial score (nSPS) is 15.8. The smallest absolute Gasteiger partial charge is 0.315 e. The lowest BCUT2D eigenvalue weighted by Crippen LogP contribution is -2.82. The average molecular weight is 403 g/mol. The molecule has 0 atom stereocenters. The largest absolute Gasteiger partial charge is 0.323 e. The van der Waals surface area contributed by atoms with Gasteiger partial charge in [-0.25, -0.2) is 9.78 Å². The summed E-state index contributed by atoms with van der Waals surface area (Å²) in [5.74, 6) is 1.30. The van der Waals surface area contributed by atoms with E-state index in [4.69, 9.17) is 0 Å². The van der Waals surface area contributed by atoms with Crippen molar-refractivity contribution in [3.8, 4) is 11.4 Å². The number of nitrogens with zero attached hydrogens (tertiary/aromatic N) is 6. The van der Waals surface area contributed by atoms with Crippen molar-refractivity contribution < 1.29 is 10.1 Å². The van der Waals surface area contributed by atoms with E-state index in [1.807, 2.05) is 31.4 Å². The summed E-state index contributed by atoms with van der Waals surface area (Å²) in [4.78, 5) is 21.2. The molecule has 0 saturated carbocycles. The number of carbonyl (C=O) groups is 1. The summed E-state index contributed by atoms with van der Waals surface area (Å²) in [6.07, 6.45) is 6.76. The van der Waals surface area contributed by atoms with E-state index in [0.29, 0.717) is 23.8 Å². The van der Waals surface area contributed by atoms with Crippen LogP contribution in [-0.2, 0) is 17.3 Å². The minimum absolute atomic E-state index is 0.0395. The van der Waals surface area contributed by atoms with Crippen LogP contribution >= 0.6 is 0 Å². The van der Waals surface area contributed by atoms with E-state index in [2.05, 4.69) is 45.4 Å². The molecule has 0 spiro atoms. The van der Waals surface area contributed by atoms with Gasteiger partial charge in [-0.3, -0.25) is 10.00 Å². The SMILES string of the molecule is Cn1cc(-c2nccc3nc(Nc4ccc5c(c4)[NH2+]C(=O)CCC5(C)C)nn23)cn1. The number of quaternary nitrogens is 1. The molecule has 4 aromatic rings. The number of rotatable bonds is 3. The molecule has 1 aliphatic rings. The maximum Gasteiger partial charge on any atom is 0.315 e. The number of nitrogens with one attached hydrogen (secondary N) is 1. The molecule has 9 heteroatoms. The predicted molar refractivity (Wildman–Crippen MR) is 112 cm³/mol. The van der Waals surface area contributed by atoms with Gasteiger partial charge in [-0.05, 0) is 17.9 Å². The number of amides is 1. The number of primary amides is 1. The number of benzene rings is 1. The van der Waals surface area contributed by atoms with Crippen molar-refractivity contribution in [1.29, 1.82) is 0 Å². The van der Waals surface area contributed by atoms with Crippen molar-refractivity contribution in [3.05, 3.63) is 48.4 Å². The molecule has 1 aromatic carbocycles. The van der Waals surface area contributed by atoms with Gasteiger partial charge >= 0.3 is 5.91 Å². The third-order valence-electron chi connectivity index (χ3n) is 5.57. The Kier molecular flexibility index (Phi) is 4.14. The van der Waals surface area contributed by atoms with E-state index in [-0.39, 0.29) is 11.3 Å². The Morgan fingerprint density at radius 1 is 1.23 bits per heavy atom. The average Bonchev–Trinajstić information content (AvgIpc) is 3.29. The molecule has 3 aromatic heterocycles. The summed E-state index contributed by atoms with van der Waals surface area (Å²) in [7, 11) is 1.86. The molecule has 9 nitrogen and oxygen atoms in total. The first-order valence-electron chi connectivity index (χ1n) is 9.89. The molecule has 3 N–H and O–H groups in total. The third-order valence-corrected chi connectivity index (χ3v) is 5.57. The minimum atomic E-state index is -0.0395. The van der Waals surface area contributed by atoms with Gasteiger partial charge in [0.1, 0.15) is 5.69 Å². The first-order chi connectivity index (χ1) is 14.4. The van der Waals surface area contributed by atoms with Crippen LogP contribution in [0.2, 0.25) is 0 Å². The highest BCUT2D eigenvalue weighted by atomic mass is 16.1. The van der Waals surface area contributed by atoms with Crippen molar-refractivity contribution >= 4 is 28.9 Å².